The van der Waals surface area contributed by atoms with Crippen LogP contribution in [-0.4, -0.2) is 28.7 Å². The highest BCUT2D eigenvalue weighted by molar-refractivity contribution is 5.85. The van der Waals surface area contributed by atoms with Crippen LogP contribution in [0.5, 0.6) is 0 Å². The SMILES string of the molecule is c1ccc(-c2nc(-c3ccc(-c4nc5ccccn5c4-c4ccccc4)cc3)cc(-c3ccc(-c4nc5ccccn5c4-c4ccccc4)cc3)n2)cc1. The first-order chi connectivity index (χ1) is 26.8. The van der Waals surface area contributed by atoms with Gasteiger partial charge in [0.2, 0.25) is 0 Å². The Morgan fingerprint density at radius 1 is 0.296 bits per heavy atom. The van der Waals surface area contributed by atoms with Crippen LogP contribution in [0.3, 0.4) is 0 Å². The van der Waals surface area contributed by atoms with Crippen LogP contribution in [0.25, 0.3) is 90.2 Å². The van der Waals surface area contributed by atoms with E-state index < -0.39 is 0 Å². The Labute approximate surface area is 312 Å². The summed E-state index contributed by atoms with van der Waals surface area (Å²) in [7, 11) is 0. The third-order valence-corrected chi connectivity index (χ3v) is 9.82. The van der Waals surface area contributed by atoms with Crippen molar-refractivity contribution in [1.29, 1.82) is 0 Å². The van der Waals surface area contributed by atoms with Gasteiger partial charge in [-0.15, -0.1) is 0 Å². The van der Waals surface area contributed by atoms with Crippen LogP contribution in [0.1, 0.15) is 0 Å². The average Bonchev–Trinajstić information content (AvgIpc) is 3.84. The second-order valence-corrected chi connectivity index (χ2v) is 13.2. The van der Waals surface area contributed by atoms with Gasteiger partial charge < -0.3 is 0 Å². The van der Waals surface area contributed by atoms with Gasteiger partial charge in [0.05, 0.1) is 34.2 Å². The lowest BCUT2D eigenvalue weighted by atomic mass is 10.0. The van der Waals surface area contributed by atoms with Gasteiger partial charge in [0.1, 0.15) is 11.3 Å². The number of fused-ring (bicyclic) bond motifs is 2. The monoisotopic (exact) mass is 692 g/mol. The molecule has 5 heterocycles. The Balaban J connectivity index is 1.05. The van der Waals surface area contributed by atoms with Crippen molar-refractivity contribution in [3.05, 3.63) is 194 Å². The Bertz CT molecular complexity index is 2720. The van der Waals surface area contributed by atoms with Crippen molar-refractivity contribution in [2.24, 2.45) is 0 Å². The van der Waals surface area contributed by atoms with Gasteiger partial charge in [0, 0.05) is 51.3 Å². The standard InChI is InChI=1S/C48H32N6/c1-4-14-37(15-5-1)46-44(51-42-20-10-12-30-53(42)46)35-26-22-33(23-27-35)40-32-41(50-48(49-40)39-18-8-3-9-19-39)34-24-28-36(29-25-34)45-47(38-16-6-2-7-17-38)54-31-13-11-21-43(54)52-45/h1-32H. The van der Waals surface area contributed by atoms with E-state index in [1.165, 1.54) is 0 Å². The zero-order valence-electron chi connectivity index (χ0n) is 29.2. The zero-order chi connectivity index (χ0) is 35.8. The molecule has 0 N–H and O–H groups in total. The summed E-state index contributed by atoms with van der Waals surface area (Å²) in [5, 5.41) is 0. The van der Waals surface area contributed by atoms with Gasteiger partial charge in [-0.05, 0) is 30.3 Å². The van der Waals surface area contributed by atoms with Gasteiger partial charge in [-0.2, -0.15) is 0 Å². The Morgan fingerprint density at radius 3 is 1.09 bits per heavy atom. The highest BCUT2D eigenvalue weighted by Crippen LogP contribution is 2.36. The van der Waals surface area contributed by atoms with E-state index in [1.807, 2.05) is 66.7 Å². The maximum absolute atomic E-state index is 5.09. The summed E-state index contributed by atoms with van der Waals surface area (Å²) in [5.41, 5.74) is 14.8. The van der Waals surface area contributed by atoms with E-state index in [9.17, 15) is 0 Å². The van der Waals surface area contributed by atoms with Crippen LogP contribution >= 0.6 is 0 Å². The maximum Gasteiger partial charge on any atom is 0.160 e. The molecule has 254 valence electrons. The molecule has 0 aliphatic heterocycles. The van der Waals surface area contributed by atoms with E-state index in [0.29, 0.717) is 5.82 Å². The summed E-state index contributed by atoms with van der Waals surface area (Å²) in [5.74, 6) is 0.676. The first-order valence-electron chi connectivity index (χ1n) is 18.0. The van der Waals surface area contributed by atoms with E-state index in [2.05, 4.69) is 136 Å². The van der Waals surface area contributed by atoms with Crippen molar-refractivity contribution in [2.75, 3.05) is 0 Å². The number of nitrogens with zero attached hydrogens (tertiary/aromatic N) is 6. The summed E-state index contributed by atoms with van der Waals surface area (Å²) >= 11 is 0. The molecule has 6 nitrogen and oxygen atoms in total. The molecule has 0 fully saturated rings. The van der Waals surface area contributed by atoms with E-state index in [1.54, 1.807) is 0 Å². The molecule has 10 aromatic rings. The Morgan fingerprint density at radius 2 is 0.667 bits per heavy atom. The number of imidazole rings is 2. The van der Waals surface area contributed by atoms with Crippen LogP contribution < -0.4 is 0 Å². The molecular formula is C48H32N6. The van der Waals surface area contributed by atoms with Gasteiger partial charge in [0.15, 0.2) is 5.82 Å². The highest BCUT2D eigenvalue weighted by Gasteiger charge is 2.18. The molecule has 54 heavy (non-hydrogen) atoms. The van der Waals surface area contributed by atoms with E-state index in [0.717, 1.165) is 84.4 Å². The number of pyridine rings is 2. The van der Waals surface area contributed by atoms with Crippen LogP contribution in [0.4, 0.5) is 0 Å². The van der Waals surface area contributed by atoms with Crippen LogP contribution in [-0.2, 0) is 0 Å². The quantitative estimate of drug-likeness (QED) is 0.167. The molecule has 0 saturated carbocycles. The molecular weight excluding hydrogens is 661 g/mol. The second-order valence-electron chi connectivity index (χ2n) is 13.2. The molecule has 6 heteroatoms. The van der Waals surface area contributed by atoms with E-state index >= 15 is 0 Å². The minimum absolute atomic E-state index is 0.676. The first kappa shape index (κ1) is 31.3. The number of hydrogen-bond acceptors (Lipinski definition) is 4. The largest absolute Gasteiger partial charge is 0.299 e. The molecule has 0 saturated heterocycles. The number of rotatable bonds is 7. The molecule has 0 aliphatic rings. The van der Waals surface area contributed by atoms with Crippen molar-refractivity contribution in [3.8, 4) is 78.9 Å². The Hall–Kier alpha value is -7.44. The van der Waals surface area contributed by atoms with Crippen LogP contribution in [0, 0.1) is 0 Å². The number of benzene rings is 5. The molecule has 10 rings (SSSR count). The number of hydrogen-bond donors (Lipinski definition) is 0. The molecule has 5 aromatic carbocycles. The van der Waals surface area contributed by atoms with E-state index in [4.69, 9.17) is 19.9 Å². The van der Waals surface area contributed by atoms with Crippen LogP contribution in [0.2, 0.25) is 0 Å². The fourth-order valence-corrected chi connectivity index (χ4v) is 7.19. The molecule has 5 aromatic heterocycles. The smallest absolute Gasteiger partial charge is 0.160 e. The number of aromatic nitrogens is 6. The van der Waals surface area contributed by atoms with Crippen LogP contribution in [0.15, 0.2) is 194 Å². The maximum atomic E-state index is 5.09. The summed E-state index contributed by atoms with van der Waals surface area (Å²) in [6, 6.07) is 62.4. The molecule has 0 atom stereocenters. The molecule has 0 spiro atoms. The predicted molar refractivity (Wildman–Crippen MR) is 218 cm³/mol. The molecule has 0 unspecified atom stereocenters. The third kappa shape index (κ3) is 5.63. The minimum atomic E-state index is 0.676. The van der Waals surface area contributed by atoms with Gasteiger partial charge in [-0.1, -0.05) is 152 Å². The first-order valence-corrected chi connectivity index (χ1v) is 18.0. The molecule has 0 bridgehead atoms. The lowest BCUT2D eigenvalue weighted by Crippen LogP contribution is -1.96. The Kier molecular flexibility index (Phi) is 7.69. The normalized spacial score (nSPS) is 11.3. The van der Waals surface area contributed by atoms with Crippen molar-refractivity contribution in [3.63, 3.8) is 0 Å². The van der Waals surface area contributed by atoms with Crippen molar-refractivity contribution in [2.45, 2.75) is 0 Å². The average molecular weight is 693 g/mol. The summed E-state index contributed by atoms with van der Waals surface area (Å²) < 4.78 is 4.31. The van der Waals surface area contributed by atoms with Gasteiger partial charge >= 0.3 is 0 Å². The fourth-order valence-electron chi connectivity index (χ4n) is 7.19. The molecule has 0 amide bonds. The van der Waals surface area contributed by atoms with Crippen molar-refractivity contribution >= 4 is 11.3 Å². The third-order valence-electron chi connectivity index (χ3n) is 9.82. The van der Waals surface area contributed by atoms with Gasteiger partial charge in [-0.3, -0.25) is 8.80 Å². The predicted octanol–water partition coefficient (Wildman–Crippen LogP) is 11.4. The van der Waals surface area contributed by atoms with Crippen molar-refractivity contribution < 1.29 is 0 Å². The second kappa shape index (κ2) is 13.3. The highest BCUT2D eigenvalue weighted by atomic mass is 15.0. The lowest BCUT2D eigenvalue weighted by molar-refractivity contribution is 1.18. The fraction of sp³-hybridized carbons (Fsp3) is 0. The summed E-state index contributed by atoms with van der Waals surface area (Å²) in [6.45, 7) is 0. The van der Waals surface area contributed by atoms with Gasteiger partial charge in [-0.25, -0.2) is 19.9 Å². The summed E-state index contributed by atoms with van der Waals surface area (Å²) in [4.78, 5) is 20.3. The summed E-state index contributed by atoms with van der Waals surface area (Å²) in [6.07, 6.45) is 4.14. The minimum Gasteiger partial charge on any atom is -0.299 e. The zero-order valence-corrected chi connectivity index (χ0v) is 29.2. The van der Waals surface area contributed by atoms with E-state index in [-0.39, 0.29) is 0 Å². The molecule has 0 aliphatic carbocycles. The van der Waals surface area contributed by atoms with Gasteiger partial charge in [0.25, 0.3) is 0 Å². The lowest BCUT2D eigenvalue weighted by Gasteiger charge is -2.11. The topological polar surface area (TPSA) is 60.4 Å². The van der Waals surface area contributed by atoms with Crippen molar-refractivity contribution in [1.82, 2.24) is 28.7 Å². The molecule has 0 radical (unpaired) electrons.